The van der Waals surface area contributed by atoms with E-state index in [9.17, 15) is 9.90 Å². The summed E-state index contributed by atoms with van der Waals surface area (Å²) in [7, 11) is 0. The number of aliphatic imine (C=N–C) groups is 1. The summed E-state index contributed by atoms with van der Waals surface area (Å²) < 4.78 is 0. The second kappa shape index (κ2) is 4.60. The molecule has 0 aromatic rings. The number of rotatable bonds is 4. The second-order valence-corrected chi connectivity index (χ2v) is 1.78. The quantitative estimate of drug-likeness (QED) is 0.265. The smallest absolute Gasteiger partial charge is 0.185 e. The molecule has 0 radical (unpaired) electrons. The summed E-state index contributed by atoms with van der Waals surface area (Å²) in [6, 6.07) is 0. The van der Waals surface area contributed by atoms with E-state index in [4.69, 9.17) is 11.5 Å². The molecule has 0 aliphatic heterocycles. The lowest BCUT2D eigenvalue weighted by Crippen LogP contribution is -2.24. The van der Waals surface area contributed by atoms with Crippen LogP contribution in [0.2, 0.25) is 0 Å². The Labute approximate surface area is 58.7 Å². The number of hydrogen-bond donors (Lipinski definition) is 2. The summed E-state index contributed by atoms with van der Waals surface area (Å²) in [5, 5.41) is 9.82. The molecule has 0 saturated heterocycles. The van der Waals surface area contributed by atoms with E-state index >= 15 is 0 Å². The molecule has 10 heavy (non-hydrogen) atoms. The largest absolute Gasteiger partial charge is 0.550 e. The minimum Gasteiger partial charge on any atom is -0.550 e. The Morgan fingerprint density at radius 3 is 2.50 bits per heavy atom. The maximum atomic E-state index is 9.82. The molecule has 0 aliphatic rings. The number of carboxylic acid groups (broad SMARTS) is 1. The zero-order chi connectivity index (χ0) is 7.98. The van der Waals surface area contributed by atoms with Gasteiger partial charge in [-0.2, -0.15) is 0 Å². The van der Waals surface area contributed by atoms with Gasteiger partial charge >= 0.3 is 0 Å². The maximum absolute atomic E-state index is 9.82. The van der Waals surface area contributed by atoms with Gasteiger partial charge in [0.05, 0.1) is 0 Å². The molecule has 0 aromatic heterocycles. The predicted octanol–water partition coefficient (Wildman–Crippen LogP) is -2.21. The summed E-state index contributed by atoms with van der Waals surface area (Å²) in [5.41, 5.74) is 9.95. The van der Waals surface area contributed by atoms with Gasteiger partial charge in [0.1, 0.15) is 0 Å². The van der Waals surface area contributed by atoms with Gasteiger partial charge in [0, 0.05) is 12.5 Å². The lowest BCUT2D eigenvalue weighted by molar-refractivity contribution is -0.305. The van der Waals surface area contributed by atoms with Crippen LogP contribution in [0.3, 0.4) is 0 Å². The van der Waals surface area contributed by atoms with Crippen LogP contribution in [0.5, 0.6) is 0 Å². The van der Waals surface area contributed by atoms with Crippen LogP contribution in [0.25, 0.3) is 0 Å². The molecule has 0 aromatic carbocycles. The van der Waals surface area contributed by atoms with Crippen LogP contribution in [0.15, 0.2) is 4.99 Å². The molecular weight excluding hydrogens is 134 g/mol. The van der Waals surface area contributed by atoms with Gasteiger partial charge < -0.3 is 21.4 Å². The first-order valence-corrected chi connectivity index (χ1v) is 2.88. The zero-order valence-corrected chi connectivity index (χ0v) is 5.54. The molecule has 0 amide bonds. The molecule has 0 heterocycles. The number of guanidine groups is 1. The van der Waals surface area contributed by atoms with Crippen molar-refractivity contribution in [1.82, 2.24) is 0 Å². The summed E-state index contributed by atoms with van der Waals surface area (Å²) in [6.07, 6.45) is 0.414. The number of carboxylic acids is 1. The van der Waals surface area contributed by atoms with Crippen LogP contribution >= 0.6 is 0 Å². The minimum absolute atomic E-state index is 0.00319. The topological polar surface area (TPSA) is 105 Å². The van der Waals surface area contributed by atoms with Gasteiger partial charge in [-0.15, -0.1) is 0 Å². The monoisotopic (exact) mass is 144 g/mol. The first-order chi connectivity index (χ1) is 4.63. The summed E-state index contributed by atoms with van der Waals surface area (Å²) >= 11 is 0. The highest BCUT2D eigenvalue weighted by Gasteiger charge is 1.86. The van der Waals surface area contributed by atoms with E-state index in [1.54, 1.807) is 0 Å². The highest BCUT2D eigenvalue weighted by molar-refractivity contribution is 5.75. The Balaban J connectivity index is 3.21. The normalized spacial score (nSPS) is 8.80. The molecule has 0 aliphatic carbocycles. The maximum Gasteiger partial charge on any atom is 0.185 e. The van der Waals surface area contributed by atoms with E-state index in [1.807, 2.05) is 0 Å². The van der Waals surface area contributed by atoms with Crippen molar-refractivity contribution in [1.29, 1.82) is 0 Å². The molecule has 4 N–H and O–H groups in total. The van der Waals surface area contributed by atoms with Gasteiger partial charge in [-0.05, 0) is 12.8 Å². The molecule has 0 atom stereocenters. The first-order valence-electron chi connectivity index (χ1n) is 2.88. The molecule has 0 rings (SSSR count). The van der Waals surface area contributed by atoms with Crippen molar-refractivity contribution in [2.45, 2.75) is 12.8 Å². The average molecular weight is 144 g/mol. The molecule has 0 saturated carbocycles. The van der Waals surface area contributed by atoms with Crippen molar-refractivity contribution in [3.8, 4) is 0 Å². The standard InChI is InChI=1S/C5H11N3O2/c6-5(7)8-3-1-2-4(9)10/h1-3H2,(H,9,10)(H4,6,7,8)/p-1. The van der Waals surface area contributed by atoms with Gasteiger partial charge in [0.15, 0.2) is 5.96 Å². The number of aliphatic carboxylic acids is 1. The Morgan fingerprint density at radius 2 is 2.10 bits per heavy atom. The number of carbonyl (C=O) groups excluding carboxylic acids is 1. The molecule has 58 valence electrons. The molecular formula is C5H10N3O2-. The summed E-state index contributed by atoms with van der Waals surface area (Å²) in [6.45, 7) is 0.344. The zero-order valence-electron chi connectivity index (χ0n) is 5.54. The Bertz CT molecular complexity index is 140. The van der Waals surface area contributed by atoms with E-state index in [-0.39, 0.29) is 12.4 Å². The van der Waals surface area contributed by atoms with Gasteiger partial charge in [0.25, 0.3) is 0 Å². The summed E-state index contributed by atoms with van der Waals surface area (Å²) in [4.78, 5) is 13.4. The van der Waals surface area contributed by atoms with E-state index in [1.165, 1.54) is 0 Å². The van der Waals surface area contributed by atoms with Crippen molar-refractivity contribution < 1.29 is 9.90 Å². The van der Waals surface area contributed by atoms with E-state index < -0.39 is 5.97 Å². The number of nitrogens with two attached hydrogens (primary N) is 2. The van der Waals surface area contributed by atoms with Crippen LogP contribution in [0, 0.1) is 0 Å². The van der Waals surface area contributed by atoms with Crippen molar-refractivity contribution >= 4 is 11.9 Å². The highest BCUT2D eigenvalue weighted by Crippen LogP contribution is 1.86. The SMILES string of the molecule is NC(N)=NCCCC(=O)[O-]. The minimum atomic E-state index is -1.08. The molecule has 5 heteroatoms. The fourth-order valence-electron chi connectivity index (χ4n) is 0.432. The fourth-order valence-corrected chi connectivity index (χ4v) is 0.432. The van der Waals surface area contributed by atoms with E-state index in [0.29, 0.717) is 13.0 Å². The third kappa shape index (κ3) is 6.74. The van der Waals surface area contributed by atoms with Gasteiger partial charge in [-0.25, -0.2) is 0 Å². The molecule has 0 unspecified atom stereocenters. The molecule has 0 bridgehead atoms. The van der Waals surface area contributed by atoms with E-state index in [0.717, 1.165) is 0 Å². The van der Waals surface area contributed by atoms with Crippen molar-refractivity contribution in [2.75, 3.05) is 6.54 Å². The number of nitrogens with zero attached hydrogens (tertiary/aromatic N) is 1. The van der Waals surface area contributed by atoms with Gasteiger partial charge in [0.2, 0.25) is 0 Å². The third-order valence-corrected chi connectivity index (χ3v) is 0.833. The number of carbonyl (C=O) groups is 1. The second-order valence-electron chi connectivity index (χ2n) is 1.78. The summed E-state index contributed by atoms with van der Waals surface area (Å²) in [5.74, 6) is -1.09. The molecule has 0 fully saturated rings. The van der Waals surface area contributed by atoms with Crippen molar-refractivity contribution in [2.24, 2.45) is 16.5 Å². The first kappa shape index (κ1) is 8.74. The third-order valence-electron chi connectivity index (χ3n) is 0.833. The molecule has 5 nitrogen and oxygen atoms in total. The van der Waals surface area contributed by atoms with Crippen molar-refractivity contribution in [3.05, 3.63) is 0 Å². The van der Waals surface area contributed by atoms with Crippen LogP contribution in [0.1, 0.15) is 12.8 Å². The highest BCUT2D eigenvalue weighted by atomic mass is 16.4. The Kier molecular flexibility index (Phi) is 4.02. The van der Waals surface area contributed by atoms with Crippen molar-refractivity contribution in [3.63, 3.8) is 0 Å². The van der Waals surface area contributed by atoms with Crippen LogP contribution in [-0.2, 0) is 4.79 Å². The fraction of sp³-hybridized carbons (Fsp3) is 0.600. The van der Waals surface area contributed by atoms with Gasteiger partial charge in [-0.1, -0.05) is 0 Å². The Morgan fingerprint density at radius 1 is 1.50 bits per heavy atom. The van der Waals surface area contributed by atoms with Crippen LogP contribution < -0.4 is 16.6 Å². The lowest BCUT2D eigenvalue weighted by Gasteiger charge is -1.97. The lowest BCUT2D eigenvalue weighted by atomic mass is 10.3. The number of hydrogen-bond acceptors (Lipinski definition) is 3. The van der Waals surface area contributed by atoms with Crippen LogP contribution in [0.4, 0.5) is 0 Å². The average Bonchev–Trinajstić information content (AvgIpc) is 1.79. The van der Waals surface area contributed by atoms with E-state index in [2.05, 4.69) is 4.99 Å². The van der Waals surface area contributed by atoms with Crippen LogP contribution in [-0.4, -0.2) is 18.5 Å². The Hall–Kier alpha value is -1.26. The van der Waals surface area contributed by atoms with Gasteiger partial charge in [-0.3, -0.25) is 4.99 Å². The predicted molar refractivity (Wildman–Crippen MR) is 34.9 cm³/mol. The molecule has 0 spiro atoms.